The molecule has 2 N–H and O–H groups in total. The van der Waals surface area contributed by atoms with Gasteiger partial charge in [0, 0.05) is 18.7 Å². The molecule has 18 heavy (non-hydrogen) atoms. The van der Waals surface area contributed by atoms with E-state index in [0.717, 1.165) is 18.1 Å². The highest BCUT2D eigenvalue weighted by atomic mass is 15.1. The molecule has 4 heteroatoms. The van der Waals surface area contributed by atoms with Crippen molar-refractivity contribution in [2.45, 2.75) is 53.0 Å². The highest BCUT2D eigenvalue weighted by molar-refractivity contribution is 5.59. The maximum atomic E-state index is 4.42. The molecule has 1 heterocycles. The first-order chi connectivity index (χ1) is 8.51. The van der Waals surface area contributed by atoms with Crippen LogP contribution in [0.1, 0.15) is 52.5 Å². The van der Waals surface area contributed by atoms with Crippen molar-refractivity contribution in [2.24, 2.45) is 5.92 Å². The first kappa shape index (κ1) is 14.7. The highest BCUT2D eigenvalue weighted by Crippen LogP contribution is 2.29. The summed E-state index contributed by atoms with van der Waals surface area (Å²) >= 11 is 0. The first-order valence-electron chi connectivity index (χ1n) is 6.80. The minimum atomic E-state index is 0.390. The number of aromatic nitrogens is 2. The van der Waals surface area contributed by atoms with Gasteiger partial charge in [-0.3, -0.25) is 0 Å². The molecule has 0 saturated heterocycles. The van der Waals surface area contributed by atoms with Gasteiger partial charge in [-0.2, -0.15) is 0 Å². The van der Waals surface area contributed by atoms with Crippen molar-refractivity contribution in [1.29, 1.82) is 0 Å². The van der Waals surface area contributed by atoms with Gasteiger partial charge in [-0.25, -0.2) is 9.97 Å². The van der Waals surface area contributed by atoms with E-state index in [1.807, 2.05) is 7.05 Å². The molecule has 1 aromatic heterocycles. The Morgan fingerprint density at radius 1 is 1.11 bits per heavy atom. The van der Waals surface area contributed by atoms with Crippen LogP contribution in [0.4, 0.5) is 11.6 Å². The Morgan fingerprint density at radius 2 is 1.72 bits per heavy atom. The van der Waals surface area contributed by atoms with E-state index in [9.17, 15) is 0 Å². The van der Waals surface area contributed by atoms with Crippen LogP contribution in [0.5, 0.6) is 0 Å². The summed E-state index contributed by atoms with van der Waals surface area (Å²) in [5, 5.41) is 6.71. The quantitative estimate of drug-likeness (QED) is 0.811. The summed E-state index contributed by atoms with van der Waals surface area (Å²) < 4.78 is 0. The third kappa shape index (κ3) is 3.34. The van der Waals surface area contributed by atoms with Crippen LogP contribution in [0, 0.1) is 5.92 Å². The summed E-state index contributed by atoms with van der Waals surface area (Å²) in [6.07, 6.45) is 2.71. The van der Waals surface area contributed by atoms with E-state index in [2.05, 4.69) is 55.2 Å². The molecule has 102 valence electrons. The zero-order valence-corrected chi connectivity index (χ0v) is 12.4. The molecule has 0 aliphatic rings. The summed E-state index contributed by atoms with van der Waals surface area (Å²) in [7, 11) is 1.90. The van der Waals surface area contributed by atoms with Gasteiger partial charge in [0.25, 0.3) is 0 Å². The Bertz CT molecular complexity index is 374. The van der Waals surface area contributed by atoms with E-state index in [-0.39, 0.29) is 0 Å². The normalized spacial score (nSPS) is 12.9. The molecule has 0 radical (unpaired) electrons. The Hall–Kier alpha value is -1.32. The number of anilines is 2. The standard InChI is InChI=1S/C14H26N4/c1-7-11(9(2)3)18-14-12(10(4)5)13(15-6)16-8-17-14/h8-11H,7H2,1-6H3,(H2,15,16,17,18). The van der Waals surface area contributed by atoms with E-state index < -0.39 is 0 Å². The van der Waals surface area contributed by atoms with Crippen molar-refractivity contribution in [2.75, 3.05) is 17.7 Å². The average Bonchev–Trinajstić information content (AvgIpc) is 2.34. The van der Waals surface area contributed by atoms with Crippen LogP contribution in [-0.4, -0.2) is 23.1 Å². The van der Waals surface area contributed by atoms with Crippen LogP contribution < -0.4 is 10.6 Å². The Morgan fingerprint density at radius 3 is 2.17 bits per heavy atom. The number of nitrogens with one attached hydrogen (secondary N) is 2. The average molecular weight is 250 g/mol. The molecule has 1 atom stereocenters. The van der Waals surface area contributed by atoms with Gasteiger partial charge >= 0.3 is 0 Å². The molecule has 1 unspecified atom stereocenters. The molecule has 0 aliphatic heterocycles. The lowest BCUT2D eigenvalue weighted by molar-refractivity contribution is 0.509. The van der Waals surface area contributed by atoms with Crippen molar-refractivity contribution in [1.82, 2.24) is 9.97 Å². The topological polar surface area (TPSA) is 49.8 Å². The lowest BCUT2D eigenvalue weighted by Gasteiger charge is -2.24. The van der Waals surface area contributed by atoms with Gasteiger partial charge in [0.15, 0.2) is 0 Å². The van der Waals surface area contributed by atoms with E-state index in [1.165, 1.54) is 5.56 Å². The summed E-state index contributed by atoms with van der Waals surface area (Å²) in [6, 6.07) is 0.446. The Kier molecular flexibility index (Phi) is 5.38. The van der Waals surface area contributed by atoms with Crippen molar-refractivity contribution in [3.63, 3.8) is 0 Å². The summed E-state index contributed by atoms with van der Waals surface area (Å²) in [6.45, 7) is 11.0. The van der Waals surface area contributed by atoms with Gasteiger partial charge in [-0.05, 0) is 18.3 Å². The smallest absolute Gasteiger partial charge is 0.135 e. The van der Waals surface area contributed by atoms with Gasteiger partial charge in [0.1, 0.15) is 18.0 Å². The van der Waals surface area contributed by atoms with E-state index in [4.69, 9.17) is 0 Å². The summed E-state index contributed by atoms with van der Waals surface area (Å²) in [4.78, 5) is 8.71. The van der Waals surface area contributed by atoms with Gasteiger partial charge in [-0.15, -0.1) is 0 Å². The molecular formula is C14H26N4. The van der Waals surface area contributed by atoms with Crippen molar-refractivity contribution >= 4 is 11.6 Å². The van der Waals surface area contributed by atoms with Gasteiger partial charge in [-0.1, -0.05) is 34.6 Å². The zero-order chi connectivity index (χ0) is 13.7. The fourth-order valence-electron chi connectivity index (χ4n) is 2.17. The fraction of sp³-hybridized carbons (Fsp3) is 0.714. The van der Waals surface area contributed by atoms with Crippen LogP contribution in [0.25, 0.3) is 0 Å². The highest BCUT2D eigenvalue weighted by Gasteiger charge is 2.18. The molecule has 0 fully saturated rings. The number of nitrogens with zero attached hydrogens (tertiary/aromatic N) is 2. The molecule has 4 nitrogen and oxygen atoms in total. The Balaban J connectivity index is 3.07. The molecule has 0 aliphatic carbocycles. The predicted octanol–water partition coefficient (Wildman–Crippen LogP) is 3.49. The van der Waals surface area contributed by atoms with Crippen LogP contribution in [0.15, 0.2) is 6.33 Å². The lowest BCUT2D eigenvalue weighted by Crippen LogP contribution is -2.26. The van der Waals surface area contributed by atoms with Crippen molar-refractivity contribution in [3.8, 4) is 0 Å². The van der Waals surface area contributed by atoms with Crippen LogP contribution in [-0.2, 0) is 0 Å². The minimum Gasteiger partial charge on any atom is -0.373 e. The Labute approximate surface area is 111 Å². The van der Waals surface area contributed by atoms with Gasteiger partial charge in [0.2, 0.25) is 0 Å². The van der Waals surface area contributed by atoms with Crippen LogP contribution in [0.3, 0.4) is 0 Å². The zero-order valence-electron chi connectivity index (χ0n) is 12.4. The SMILES string of the molecule is CCC(Nc1ncnc(NC)c1C(C)C)C(C)C. The summed E-state index contributed by atoms with van der Waals surface area (Å²) in [5.74, 6) is 2.86. The van der Waals surface area contributed by atoms with E-state index >= 15 is 0 Å². The van der Waals surface area contributed by atoms with Crippen LogP contribution in [0.2, 0.25) is 0 Å². The molecule has 0 amide bonds. The lowest BCUT2D eigenvalue weighted by atomic mass is 10.00. The molecule has 1 rings (SSSR count). The van der Waals surface area contributed by atoms with E-state index in [0.29, 0.717) is 17.9 Å². The van der Waals surface area contributed by atoms with Gasteiger partial charge in [0.05, 0.1) is 0 Å². The van der Waals surface area contributed by atoms with Crippen molar-refractivity contribution < 1.29 is 0 Å². The predicted molar refractivity (Wildman–Crippen MR) is 78.2 cm³/mol. The van der Waals surface area contributed by atoms with Gasteiger partial charge < -0.3 is 10.6 Å². The van der Waals surface area contributed by atoms with Crippen molar-refractivity contribution in [3.05, 3.63) is 11.9 Å². The summed E-state index contributed by atoms with van der Waals surface area (Å²) in [5.41, 5.74) is 1.17. The molecule has 0 spiro atoms. The molecule has 0 aromatic carbocycles. The number of rotatable bonds is 6. The van der Waals surface area contributed by atoms with E-state index in [1.54, 1.807) is 6.33 Å². The van der Waals surface area contributed by atoms with Crippen LogP contribution >= 0.6 is 0 Å². The second-order valence-electron chi connectivity index (χ2n) is 5.29. The maximum absolute atomic E-state index is 4.42. The number of hydrogen-bond acceptors (Lipinski definition) is 4. The fourth-order valence-corrected chi connectivity index (χ4v) is 2.17. The third-order valence-electron chi connectivity index (χ3n) is 3.26. The third-order valence-corrected chi connectivity index (χ3v) is 3.26. The molecule has 0 bridgehead atoms. The monoisotopic (exact) mass is 250 g/mol. The molecular weight excluding hydrogens is 224 g/mol. The number of hydrogen-bond donors (Lipinski definition) is 2. The first-order valence-corrected chi connectivity index (χ1v) is 6.80. The second kappa shape index (κ2) is 6.57. The molecule has 1 aromatic rings. The minimum absolute atomic E-state index is 0.390. The second-order valence-corrected chi connectivity index (χ2v) is 5.29. The maximum Gasteiger partial charge on any atom is 0.135 e. The largest absolute Gasteiger partial charge is 0.373 e. The molecule has 0 saturated carbocycles.